The normalized spacial score (nSPS) is 12.0. The van der Waals surface area contributed by atoms with Gasteiger partial charge >= 0.3 is 6.36 Å². The molecule has 170 valence electrons. The summed E-state index contributed by atoms with van der Waals surface area (Å²) in [4.78, 5) is 12.0. The number of carbonyl (C=O) groups excluding carboxylic acids is 1. The second kappa shape index (κ2) is 8.77. The van der Waals surface area contributed by atoms with Crippen LogP contribution in [0.15, 0.2) is 41.3 Å². The van der Waals surface area contributed by atoms with E-state index in [-0.39, 0.29) is 32.1 Å². The van der Waals surface area contributed by atoms with Gasteiger partial charge in [-0.25, -0.2) is 17.8 Å². The monoisotopic (exact) mass is 528 g/mol. The molecule has 0 aliphatic heterocycles. The van der Waals surface area contributed by atoms with E-state index in [2.05, 4.69) is 15.0 Å². The Labute approximate surface area is 193 Å². The van der Waals surface area contributed by atoms with Crippen molar-refractivity contribution in [2.75, 3.05) is 0 Å². The summed E-state index contributed by atoms with van der Waals surface area (Å²) in [5, 5.41) is 7.93. The minimum absolute atomic E-state index is 0.108. The largest absolute Gasteiger partial charge is 0.573 e. The fourth-order valence-corrected chi connectivity index (χ4v) is 4.47. The van der Waals surface area contributed by atoms with Gasteiger partial charge in [0.25, 0.3) is 15.9 Å². The molecule has 2 aromatic carbocycles. The maximum atomic E-state index is 12.5. The molecule has 0 saturated carbocycles. The highest BCUT2D eigenvalue weighted by Gasteiger charge is 2.31. The second-order valence-corrected chi connectivity index (χ2v) is 9.04. The molecular weight excluding hydrogens is 520 g/mol. The summed E-state index contributed by atoms with van der Waals surface area (Å²) in [6.07, 6.45) is -4.94. The Morgan fingerprint density at radius 3 is 2.19 bits per heavy atom. The summed E-state index contributed by atoms with van der Waals surface area (Å²) >= 11 is 18.1. The molecule has 0 saturated heterocycles. The Bertz CT molecular complexity index is 1270. The molecule has 0 radical (unpaired) electrons. The Hall–Kier alpha value is -2.54. The van der Waals surface area contributed by atoms with Crippen LogP contribution >= 0.6 is 34.8 Å². The van der Waals surface area contributed by atoms with Crippen LogP contribution < -0.4 is 9.46 Å². The van der Waals surface area contributed by atoms with E-state index in [1.807, 2.05) is 0 Å². The average molecular weight is 530 g/mol. The third kappa shape index (κ3) is 5.26. The van der Waals surface area contributed by atoms with E-state index < -0.39 is 32.9 Å². The van der Waals surface area contributed by atoms with Crippen LogP contribution in [0.1, 0.15) is 16.2 Å². The number of rotatable bonds is 5. The number of halogens is 6. The molecule has 0 atom stereocenters. The molecule has 0 bridgehead atoms. The minimum atomic E-state index is -4.94. The van der Waals surface area contributed by atoms with Crippen molar-refractivity contribution in [3.63, 3.8) is 0 Å². The molecule has 8 nitrogen and oxygen atoms in total. The fraction of sp³-hybridized carbons (Fsp3) is 0.118. The number of carbonyl (C=O) groups is 1. The van der Waals surface area contributed by atoms with Gasteiger partial charge in [0, 0.05) is 5.02 Å². The number of amides is 1. The first kappa shape index (κ1) is 24.1. The number of nitrogens with one attached hydrogen (secondary N) is 1. The van der Waals surface area contributed by atoms with Gasteiger partial charge in [-0.3, -0.25) is 4.79 Å². The third-order valence-corrected chi connectivity index (χ3v) is 6.04. The molecule has 0 unspecified atom stereocenters. The standard InChI is InChI=1S/C17H10Cl3F3N4O4S/c1-8-14(24-26-27(8)15-12(19)6-9(18)7-13(15)20)16(28)25-32(29,30)11-4-2-10(3-5-11)31-17(21,22)23/h2-7H,1H3,(H,25,28). The molecule has 3 aromatic rings. The number of aromatic nitrogens is 3. The molecule has 32 heavy (non-hydrogen) atoms. The molecule has 0 spiro atoms. The number of hydrogen-bond donors (Lipinski definition) is 1. The number of hydrogen-bond acceptors (Lipinski definition) is 6. The summed E-state index contributed by atoms with van der Waals surface area (Å²) < 4.78 is 68.1. The van der Waals surface area contributed by atoms with Crippen molar-refractivity contribution in [2.45, 2.75) is 18.2 Å². The van der Waals surface area contributed by atoms with Crippen molar-refractivity contribution in [1.82, 2.24) is 19.7 Å². The van der Waals surface area contributed by atoms with Crippen LogP contribution in [0.5, 0.6) is 5.75 Å². The summed E-state index contributed by atoms with van der Waals surface area (Å²) in [5.74, 6) is -1.76. The number of nitrogens with zero attached hydrogens (tertiary/aromatic N) is 3. The number of ether oxygens (including phenoxy) is 1. The van der Waals surface area contributed by atoms with Gasteiger partial charge in [0.1, 0.15) is 11.4 Å². The maximum absolute atomic E-state index is 12.5. The quantitative estimate of drug-likeness (QED) is 0.520. The molecule has 1 heterocycles. The van der Waals surface area contributed by atoms with E-state index in [4.69, 9.17) is 34.8 Å². The minimum Gasteiger partial charge on any atom is -0.406 e. The highest BCUT2D eigenvalue weighted by Crippen LogP contribution is 2.32. The Morgan fingerprint density at radius 2 is 1.66 bits per heavy atom. The first-order chi connectivity index (χ1) is 14.8. The molecule has 3 rings (SSSR count). The van der Waals surface area contributed by atoms with Crippen molar-refractivity contribution < 1.29 is 31.1 Å². The van der Waals surface area contributed by atoms with E-state index >= 15 is 0 Å². The van der Waals surface area contributed by atoms with Gasteiger partial charge in [-0.2, -0.15) is 0 Å². The van der Waals surface area contributed by atoms with Crippen molar-refractivity contribution in [3.05, 3.63) is 62.9 Å². The Kier molecular flexibility index (Phi) is 6.61. The van der Waals surface area contributed by atoms with E-state index in [9.17, 15) is 26.4 Å². The van der Waals surface area contributed by atoms with Crippen LogP contribution in [0, 0.1) is 6.92 Å². The highest BCUT2D eigenvalue weighted by atomic mass is 35.5. The van der Waals surface area contributed by atoms with Gasteiger partial charge in [0.15, 0.2) is 5.69 Å². The smallest absolute Gasteiger partial charge is 0.406 e. The first-order valence-corrected chi connectivity index (χ1v) is 10.9. The SMILES string of the molecule is Cc1c(C(=O)NS(=O)(=O)c2ccc(OC(F)(F)F)cc2)nnn1-c1c(Cl)cc(Cl)cc1Cl. The average Bonchev–Trinajstić information content (AvgIpc) is 3.01. The first-order valence-electron chi connectivity index (χ1n) is 8.28. The number of benzene rings is 2. The number of sulfonamides is 1. The summed E-state index contributed by atoms with van der Waals surface area (Å²) in [6.45, 7) is 1.42. The highest BCUT2D eigenvalue weighted by molar-refractivity contribution is 7.90. The van der Waals surface area contributed by atoms with E-state index in [1.165, 1.54) is 19.1 Å². The van der Waals surface area contributed by atoms with Crippen molar-refractivity contribution in [3.8, 4) is 11.4 Å². The summed E-state index contributed by atoms with van der Waals surface area (Å²) in [5.41, 5.74) is -0.0738. The van der Waals surface area contributed by atoms with Crippen LogP contribution in [0.4, 0.5) is 13.2 Å². The molecule has 0 aliphatic rings. The summed E-state index contributed by atoms with van der Waals surface area (Å²) in [6, 6.07) is 6.04. The lowest BCUT2D eigenvalue weighted by Gasteiger charge is -2.10. The van der Waals surface area contributed by atoms with Gasteiger partial charge < -0.3 is 4.74 Å². The maximum Gasteiger partial charge on any atom is 0.573 e. The van der Waals surface area contributed by atoms with Crippen LogP contribution in [-0.2, 0) is 10.0 Å². The molecule has 0 aliphatic carbocycles. The van der Waals surface area contributed by atoms with Gasteiger partial charge in [0.2, 0.25) is 0 Å². The van der Waals surface area contributed by atoms with E-state index in [1.54, 1.807) is 4.72 Å². The third-order valence-electron chi connectivity index (χ3n) is 3.90. The Morgan fingerprint density at radius 1 is 1.09 bits per heavy atom. The van der Waals surface area contributed by atoms with Crippen molar-refractivity contribution in [1.29, 1.82) is 0 Å². The van der Waals surface area contributed by atoms with Crippen LogP contribution in [0.2, 0.25) is 15.1 Å². The zero-order valence-electron chi connectivity index (χ0n) is 15.6. The zero-order chi connectivity index (χ0) is 23.8. The van der Waals surface area contributed by atoms with Crippen LogP contribution in [0.3, 0.4) is 0 Å². The van der Waals surface area contributed by atoms with Crippen molar-refractivity contribution in [2.24, 2.45) is 0 Å². The molecule has 1 N–H and O–H groups in total. The van der Waals surface area contributed by atoms with Crippen LogP contribution in [-0.4, -0.2) is 35.7 Å². The predicted octanol–water partition coefficient (Wildman–Crippen LogP) is 4.55. The molecular formula is C17H10Cl3F3N4O4S. The molecule has 1 amide bonds. The second-order valence-electron chi connectivity index (χ2n) is 6.11. The molecule has 15 heteroatoms. The number of alkyl halides is 3. The van der Waals surface area contributed by atoms with Crippen LogP contribution in [0.25, 0.3) is 5.69 Å². The van der Waals surface area contributed by atoms with E-state index in [0.29, 0.717) is 0 Å². The lowest BCUT2D eigenvalue weighted by atomic mass is 10.3. The molecule has 1 aromatic heterocycles. The van der Waals surface area contributed by atoms with Gasteiger partial charge in [-0.1, -0.05) is 40.0 Å². The topological polar surface area (TPSA) is 103 Å². The Balaban J connectivity index is 1.85. The fourth-order valence-electron chi connectivity index (χ4n) is 2.54. The van der Waals surface area contributed by atoms with Gasteiger partial charge in [0.05, 0.1) is 20.6 Å². The van der Waals surface area contributed by atoms with Gasteiger partial charge in [-0.05, 0) is 43.3 Å². The van der Waals surface area contributed by atoms with E-state index in [0.717, 1.165) is 28.9 Å². The lowest BCUT2D eigenvalue weighted by molar-refractivity contribution is -0.274. The predicted molar refractivity (Wildman–Crippen MR) is 109 cm³/mol. The molecule has 0 fully saturated rings. The van der Waals surface area contributed by atoms with Gasteiger partial charge in [-0.15, -0.1) is 18.3 Å². The summed E-state index contributed by atoms with van der Waals surface area (Å²) in [7, 11) is -4.45. The zero-order valence-corrected chi connectivity index (χ0v) is 18.7. The lowest BCUT2D eigenvalue weighted by Crippen LogP contribution is -2.31. The van der Waals surface area contributed by atoms with Crippen molar-refractivity contribution >= 4 is 50.7 Å².